The number of ether oxygens (including phenoxy) is 1. The molecule has 174 valence electrons. The summed E-state index contributed by atoms with van der Waals surface area (Å²) in [5.41, 5.74) is 5.96. The zero-order chi connectivity index (χ0) is 23.2. The van der Waals surface area contributed by atoms with Crippen LogP contribution in [0.2, 0.25) is 0 Å². The van der Waals surface area contributed by atoms with E-state index in [1.807, 2.05) is 12.1 Å². The third-order valence-electron chi connectivity index (χ3n) is 6.83. The lowest BCUT2D eigenvalue weighted by Crippen LogP contribution is -2.33. The lowest BCUT2D eigenvalue weighted by Gasteiger charge is -2.22. The van der Waals surface area contributed by atoms with Crippen molar-refractivity contribution in [1.29, 1.82) is 0 Å². The Labute approximate surface area is 195 Å². The van der Waals surface area contributed by atoms with Gasteiger partial charge in [0.1, 0.15) is 24.6 Å². The van der Waals surface area contributed by atoms with Gasteiger partial charge in [-0.1, -0.05) is 48.5 Å². The maximum atomic E-state index is 10.5. The van der Waals surface area contributed by atoms with Crippen LogP contribution >= 0.6 is 0 Å². The number of hydrogen-bond donors (Lipinski definition) is 4. The number of imidazole rings is 1. The molecule has 4 aromatic rings. The summed E-state index contributed by atoms with van der Waals surface area (Å²) in [6.07, 6.45) is 0.662. The Morgan fingerprint density at radius 1 is 0.912 bits per heavy atom. The van der Waals surface area contributed by atoms with Gasteiger partial charge in [-0.25, -0.2) is 15.0 Å². The second-order valence-electron chi connectivity index (χ2n) is 8.75. The first kappa shape index (κ1) is 21.2. The lowest BCUT2D eigenvalue weighted by molar-refractivity contribution is -0.0511. The summed E-state index contributed by atoms with van der Waals surface area (Å²) >= 11 is 0. The Morgan fingerprint density at radius 3 is 2.24 bits per heavy atom. The Bertz CT molecular complexity index is 1290. The Morgan fingerprint density at radius 2 is 1.59 bits per heavy atom. The van der Waals surface area contributed by atoms with Crippen LogP contribution in [0.15, 0.2) is 61.2 Å². The van der Waals surface area contributed by atoms with Crippen molar-refractivity contribution in [2.24, 2.45) is 0 Å². The highest BCUT2D eigenvalue weighted by molar-refractivity contribution is 5.83. The molecule has 0 saturated carbocycles. The minimum atomic E-state index is -1.22. The van der Waals surface area contributed by atoms with Gasteiger partial charge >= 0.3 is 0 Å². The standard InChI is InChI=1S/C25H25N5O4/c31-11-18-21(32)22(33)25(34-18)30-13-28-20-23(26-12-27-24(20)30)29-19-16-7-3-1-5-14(16)9-10-15-6-2-4-8-17(15)19/h1-8,12-13,18-19,21-22,25,31-33H,9-11H2,(H,26,27,29)/t18-,21-,22-,25?/m1/s1. The van der Waals surface area contributed by atoms with Gasteiger partial charge in [0.05, 0.1) is 19.0 Å². The third-order valence-corrected chi connectivity index (χ3v) is 6.83. The predicted octanol–water partition coefficient (Wildman–Crippen LogP) is 1.74. The topological polar surface area (TPSA) is 126 Å². The second-order valence-corrected chi connectivity index (χ2v) is 8.75. The first-order valence-corrected chi connectivity index (χ1v) is 11.4. The average Bonchev–Trinajstić information content (AvgIpc) is 3.37. The van der Waals surface area contributed by atoms with E-state index in [-0.39, 0.29) is 6.04 Å². The highest BCUT2D eigenvalue weighted by atomic mass is 16.6. The van der Waals surface area contributed by atoms with E-state index in [4.69, 9.17) is 4.74 Å². The van der Waals surface area contributed by atoms with Gasteiger partial charge in [0, 0.05) is 0 Å². The van der Waals surface area contributed by atoms with Crippen LogP contribution in [0.4, 0.5) is 5.82 Å². The molecule has 0 amide bonds. The molecule has 1 aliphatic heterocycles. The van der Waals surface area contributed by atoms with Crippen molar-refractivity contribution < 1.29 is 20.1 Å². The Balaban J connectivity index is 1.41. The number of aryl methyl sites for hydroxylation is 2. The third kappa shape index (κ3) is 3.36. The maximum absolute atomic E-state index is 10.5. The largest absolute Gasteiger partial charge is 0.394 e. The fraction of sp³-hybridized carbons (Fsp3) is 0.320. The summed E-state index contributed by atoms with van der Waals surface area (Å²) in [6, 6.07) is 16.7. The highest BCUT2D eigenvalue weighted by Gasteiger charge is 2.44. The first-order valence-electron chi connectivity index (χ1n) is 11.4. The molecule has 2 aliphatic rings. The Kier molecular flexibility index (Phi) is 5.26. The number of anilines is 1. The van der Waals surface area contributed by atoms with E-state index in [0.717, 1.165) is 12.8 Å². The van der Waals surface area contributed by atoms with Gasteiger partial charge < -0.3 is 25.4 Å². The molecule has 4 atom stereocenters. The molecule has 1 saturated heterocycles. The van der Waals surface area contributed by atoms with Crippen molar-refractivity contribution in [3.05, 3.63) is 83.4 Å². The number of fused-ring (bicyclic) bond motifs is 3. The zero-order valence-corrected chi connectivity index (χ0v) is 18.3. The van der Waals surface area contributed by atoms with Crippen LogP contribution in [0, 0.1) is 0 Å². The van der Waals surface area contributed by atoms with Crippen LogP contribution in [0.25, 0.3) is 11.2 Å². The molecular formula is C25H25N5O4. The molecule has 9 heteroatoms. The van der Waals surface area contributed by atoms with Crippen LogP contribution in [0.5, 0.6) is 0 Å². The summed E-state index contributed by atoms with van der Waals surface area (Å²) in [7, 11) is 0. The number of nitrogens with one attached hydrogen (secondary N) is 1. The maximum Gasteiger partial charge on any atom is 0.167 e. The number of nitrogens with zero attached hydrogens (tertiary/aromatic N) is 4. The van der Waals surface area contributed by atoms with E-state index >= 15 is 0 Å². The summed E-state index contributed by atoms with van der Waals surface area (Å²) in [5, 5.41) is 33.7. The van der Waals surface area contributed by atoms with E-state index in [0.29, 0.717) is 17.0 Å². The SMILES string of the molecule is OC[C@H]1OC(n2cnc3c(NC4c5ccccc5CCc5ccccc54)ncnc32)[C@H](O)[C@@H]1O. The van der Waals surface area contributed by atoms with E-state index in [1.165, 1.54) is 34.9 Å². The number of aromatic nitrogens is 4. The average molecular weight is 460 g/mol. The summed E-state index contributed by atoms with van der Waals surface area (Å²) < 4.78 is 7.25. The molecule has 2 aromatic heterocycles. The molecule has 34 heavy (non-hydrogen) atoms. The predicted molar refractivity (Wildman–Crippen MR) is 124 cm³/mol. The quantitative estimate of drug-likeness (QED) is 0.364. The van der Waals surface area contributed by atoms with Crippen molar-refractivity contribution in [1.82, 2.24) is 19.5 Å². The van der Waals surface area contributed by atoms with E-state index in [9.17, 15) is 15.3 Å². The molecule has 1 unspecified atom stereocenters. The van der Waals surface area contributed by atoms with Crippen LogP contribution in [-0.2, 0) is 17.6 Å². The normalized spacial score (nSPS) is 24.6. The number of benzene rings is 2. The van der Waals surface area contributed by atoms with Gasteiger partial charge in [0.15, 0.2) is 23.2 Å². The molecule has 2 aromatic carbocycles. The summed E-state index contributed by atoms with van der Waals surface area (Å²) in [6.45, 7) is -0.399. The first-order chi connectivity index (χ1) is 16.7. The highest BCUT2D eigenvalue weighted by Crippen LogP contribution is 2.37. The molecule has 3 heterocycles. The number of hydrogen-bond acceptors (Lipinski definition) is 8. The van der Waals surface area contributed by atoms with Gasteiger partial charge in [0.2, 0.25) is 0 Å². The van der Waals surface area contributed by atoms with Crippen LogP contribution < -0.4 is 5.32 Å². The fourth-order valence-electron chi connectivity index (χ4n) is 5.07. The fourth-order valence-corrected chi connectivity index (χ4v) is 5.07. The zero-order valence-electron chi connectivity index (χ0n) is 18.3. The van der Waals surface area contributed by atoms with Crippen LogP contribution in [0.3, 0.4) is 0 Å². The van der Waals surface area contributed by atoms with Crippen molar-refractivity contribution in [2.75, 3.05) is 11.9 Å². The van der Waals surface area contributed by atoms with Gasteiger partial charge in [-0.05, 0) is 35.1 Å². The van der Waals surface area contributed by atoms with Crippen molar-refractivity contribution in [3.63, 3.8) is 0 Å². The minimum Gasteiger partial charge on any atom is -0.394 e. The molecule has 4 N–H and O–H groups in total. The monoisotopic (exact) mass is 459 g/mol. The number of aliphatic hydroxyl groups excluding tert-OH is 3. The molecule has 6 rings (SSSR count). The van der Waals surface area contributed by atoms with E-state index < -0.39 is 31.1 Å². The smallest absolute Gasteiger partial charge is 0.167 e. The van der Waals surface area contributed by atoms with E-state index in [1.54, 1.807) is 4.57 Å². The van der Waals surface area contributed by atoms with Gasteiger partial charge in [-0.2, -0.15) is 0 Å². The molecule has 0 radical (unpaired) electrons. The summed E-state index contributed by atoms with van der Waals surface area (Å²) in [5.74, 6) is 0.562. The summed E-state index contributed by atoms with van der Waals surface area (Å²) in [4.78, 5) is 13.4. The Hall–Kier alpha value is -3.37. The van der Waals surface area contributed by atoms with Gasteiger partial charge in [-0.3, -0.25) is 4.57 Å². The van der Waals surface area contributed by atoms with Gasteiger partial charge in [0.25, 0.3) is 0 Å². The van der Waals surface area contributed by atoms with Crippen molar-refractivity contribution >= 4 is 17.0 Å². The molecule has 9 nitrogen and oxygen atoms in total. The number of aliphatic hydroxyl groups is 3. The lowest BCUT2D eigenvalue weighted by atomic mass is 9.94. The second kappa shape index (κ2) is 8.44. The van der Waals surface area contributed by atoms with Crippen molar-refractivity contribution in [3.8, 4) is 0 Å². The molecule has 0 bridgehead atoms. The van der Waals surface area contributed by atoms with Crippen LogP contribution in [0.1, 0.15) is 34.5 Å². The van der Waals surface area contributed by atoms with Gasteiger partial charge in [-0.15, -0.1) is 0 Å². The molecule has 1 fully saturated rings. The molecule has 1 aliphatic carbocycles. The molecule has 0 spiro atoms. The number of rotatable bonds is 4. The van der Waals surface area contributed by atoms with Crippen LogP contribution in [-0.4, -0.2) is 59.8 Å². The van der Waals surface area contributed by atoms with Crippen molar-refractivity contribution in [2.45, 2.75) is 43.4 Å². The minimum absolute atomic E-state index is 0.118. The van der Waals surface area contributed by atoms with E-state index in [2.05, 4.69) is 56.7 Å². The molecular weight excluding hydrogens is 434 g/mol.